The summed E-state index contributed by atoms with van der Waals surface area (Å²) >= 11 is 6.40. The third-order valence-electron chi connectivity index (χ3n) is 7.68. The summed E-state index contributed by atoms with van der Waals surface area (Å²) in [7, 11) is 0. The number of carbonyl (C=O) groups excluding carboxylic acids is 2. The van der Waals surface area contributed by atoms with E-state index in [4.69, 9.17) is 21.8 Å². The number of carbonyl (C=O) groups is 4. The highest BCUT2D eigenvalue weighted by molar-refractivity contribution is 6.33. The van der Waals surface area contributed by atoms with Gasteiger partial charge in [-0.15, -0.1) is 0 Å². The first-order valence-corrected chi connectivity index (χ1v) is 14.8. The lowest BCUT2D eigenvalue weighted by Crippen LogP contribution is -2.67. The van der Waals surface area contributed by atoms with Crippen molar-refractivity contribution in [3.05, 3.63) is 77.3 Å². The van der Waals surface area contributed by atoms with Crippen LogP contribution < -0.4 is 15.5 Å². The van der Waals surface area contributed by atoms with Crippen molar-refractivity contribution in [2.24, 2.45) is 5.92 Å². The predicted octanol–water partition coefficient (Wildman–Crippen LogP) is 4.11. The molecule has 2 fully saturated rings. The number of anilines is 1. The molecule has 0 aliphatic carbocycles. The Morgan fingerprint density at radius 3 is 2.28 bits per heavy atom. The maximum Gasteiger partial charge on any atom is 0.328 e. The van der Waals surface area contributed by atoms with Crippen molar-refractivity contribution in [1.29, 1.82) is 0 Å². The first-order valence-electron chi connectivity index (χ1n) is 14.4. The van der Waals surface area contributed by atoms with E-state index in [0.29, 0.717) is 36.8 Å². The van der Waals surface area contributed by atoms with Crippen molar-refractivity contribution in [2.45, 2.75) is 57.7 Å². The number of piperazine rings is 1. The number of piperidine rings is 1. The number of amides is 2. The summed E-state index contributed by atoms with van der Waals surface area (Å²) in [6.07, 6.45) is 3.75. The van der Waals surface area contributed by atoms with Gasteiger partial charge in [0.05, 0.1) is 29.2 Å². The minimum Gasteiger partial charge on any atom is -0.478 e. The number of hydrogen-bond donors (Lipinski definition) is 4. The van der Waals surface area contributed by atoms with Gasteiger partial charge in [0.2, 0.25) is 11.8 Å². The average molecular weight is 613 g/mol. The number of carboxylic acids is 2. The first-order chi connectivity index (χ1) is 20.4. The standard InChI is InChI=1S/C28H37ClN4O2.C4H4O4/c1-4-10-24(20-11-6-5-7-12-20)31-27(35)21-15-22(17-30-16-21)33-18-26(34)32(19-28(33,2)3)25-14-9-8-13-23(25)29;5-3(6)1-2-4(7)8/h5-9,11-14,21-22,24,30H,4,10,15-19H2,1-3H3,(H,31,35);1-2H,(H,5,6)(H,7,8)/b;2-1+/t21-,22+,24+;/m0./s1. The van der Waals surface area contributed by atoms with Crippen molar-refractivity contribution in [2.75, 3.05) is 31.1 Å². The number of benzene rings is 2. The first kappa shape index (κ1) is 33.8. The van der Waals surface area contributed by atoms with Crippen LogP contribution in [0.1, 0.15) is 51.6 Å². The van der Waals surface area contributed by atoms with E-state index in [1.165, 1.54) is 0 Å². The van der Waals surface area contributed by atoms with E-state index in [0.717, 1.165) is 37.1 Å². The molecule has 0 spiro atoms. The van der Waals surface area contributed by atoms with Crippen LogP contribution in [0.3, 0.4) is 0 Å². The number of hydrogen-bond acceptors (Lipinski definition) is 6. The average Bonchev–Trinajstić information content (AvgIpc) is 2.98. The van der Waals surface area contributed by atoms with Gasteiger partial charge in [0.1, 0.15) is 0 Å². The van der Waals surface area contributed by atoms with Gasteiger partial charge in [-0.2, -0.15) is 0 Å². The molecule has 2 amide bonds. The Labute approximate surface area is 257 Å². The third kappa shape index (κ3) is 9.64. The molecule has 43 heavy (non-hydrogen) atoms. The SMILES string of the molecule is CCC[C@@H](NC(=O)[C@@H]1CNC[C@H](N2CC(=O)N(c3ccccc3Cl)CC2(C)C)C1)c1ccccc1.O=C(O)/C=C/C(=O)O. The molecule has 0 saturated carbocycles. The van der Waals surface area contributed by atoms with Gasteiger partial charge in [-0.25, -0.2) is 9.59 Å². The molecule has 2 aromatic rings. The van der Waals surface area contributed by atoms with Crippen molar-refractivity contribution < 1.29 is 29.4 Å². The van der Waals surface area contributed by atoms with Crippen molar-refractivity contribution in [3.63, 3.8) is 0 Å². The Bertz CT molecular complexity index is 1290. The van der Waals surface area contributed by atoms with Gasteiger partial charge in [0.15, 0.2) is 0 Å². The van der Waals surface area contributed by atoms with Crippen LogP contribution in [0.25, 0.3) is 0 Å². The van der Waals surface area contributed by atoms with Gasteiger partial charge in [-0.05, 0) is 44.4 Å². The summed E-state index contributed by atoms with van der Waals surface area (Å²) in [6.45, 7) is 8.76. The van der Waals surface area contributed by atoms with Crippen LogP contribution in [0, 0.1) is 5.92 Å². The van der Waals surface area contributed by atoms with E-state index in [1.54, 1.807) is 4.90 Å². The van der Waals surface area contributed by atoms with Gasteiger partial charge in [0, 0.05) is 43.4 Å². The maximum atomic E-state index is 13.3. The fourth-order valence-electron chi connectivity index (χ4n) is 5.61. The van der Waals surface area contributed by atoms with Crippen LogP contribution in [0.4, 0.5) is 5.69 Å². The quantitative estimate of drug-likeness (QED) is 0.310. The second-order valence-corrected chi connectivity index (χ2v) is 11.8. The van der Waals surface area contributed by atoms with E-state index in [9.17, 15) is 19.2 Å². The van der Waals surface area contributed by atoms with Gasteiger partial charge in [-0.3, -0.25) is 14.5 Å². The molecule has 2 aliphatic heterocycles. The molecule has 0 aromatic heterocycles. The van der Waals surface area contributed by atoms with Gasteiger partial charge < -0.3 is 25.7 Å². The molecule has 2 aromatic carbocycles. The summed E-state index contributed by atoms with van der Waals surface area (Å²) in [5, 5.41) is 23.0. The van der Waals surface area contributed by atoms with Crippen LogP contribution in [0.5, 0.6) is 0 Å². The molecule has 0 radical (unpaired) electrons. The molecular weight excluding hydrogens is 572 g/mol. The number of nitrogens with one attached hydrogen (secondary N) is 2. The number of halogens is 1. The minimum atomic E-state index is -1.26. The van der Waals surface area contributed by atoms with Gasteiger partial charge >= 0.3 is 11.9 Å². The molecular formula is C32H41ClN4O6. The highest BCUT2D eigenvalue weighted by Crippen LogP contribution is 2.34. The molecule has 4 N–H and O–H groups in total. The van der Waals surface area contributed by atoms with E-state index in [1.807, 2.05) is 42.5 Å². The lowest BCUT2D eigenvalue weighted by molar-refractivity contribution is -0.134. The highest BCUT2D eigenvalue weighted by Gasteiger charge is 2.44. The lowest BCUT2D eigenvalue weighted by atomic mass is 9.88. The number of carboxylic acid groups (broad SMARTS) is 2. The van der Waals surface area contributed by atoms with Crippen LogP contribution in [-0.2, 0) is 19.2 Å². The maximum absolute atomic E-state index is 13.3. The lowest BCUT2D eigenvalue weighted by Gasteiger charge is -2.51. The van der Waals surface area contributed by atoms with E-state index >= 15 is 0 Å². The smallest absolute Gasteiger partial charge is 0.328 e. The number of aliphatic carboxylic acids is 2. The Kier molecular flexibility index (Phi) is 12.3. The van der Waals surface area contributed by atoms with E-state index < -0.39 is 11.9 Å². The number of para-hydroxylation sites is 1. The molecule has 2 aliphatic rings. The number of nitrogens with zero attached hydrogens (tertiary/aromatic N) is 2. The Morgan fingerprint density at radius 2 is 1.67 bits per heavy atom. The fourth-order valence-corrected chi connectivity index (χ4v) is 5.85. The zero-order valence-corrected chi connectivity index (χ0v) is 25.6. The molecule has 10 nitrogen and oxygen atoms in total. The van der Waals surface area contributed by atoms with Crippen molar-refractivity contribution >= 4 is 41.0 Å². The summed E-state index contributed by atoms with van der Waals surface area (Å²) in [4.78, 5) is 49.7. The molecule has 232 valence electrons. The Hall–Kier alpha value is -3.73. The molecule has 0 bridgehead atoms. The minimum absolute atomic E-state index is 0.0197. The van der Waals surface area contributed by atoms with Crippen molar-refractivity contribution in [1.82, 2.24) is 15.5 Å². The zero-order valence-electron chi connectivity index (χ0n) is 24.8. The monoisotopic (exact) mass is 612 g/mol. The molecule has 0 unspecified atom stereocenters. The topological polar surface area (TPSA) is 139 Å². The Balaban J connectivity index is 0.000000557. The second-order valence-electron chi connectivity index (χ2n) is 11.4. The van der Waals surface area contributed by atoms with E-state index in [-0.39, 0.29) is 35.4 Å². The molecule has 2 saturated heterocycles. The molecule has 3 atom stereocenters. The summed E-state index contributed by atoms with van der Waals surface area (Å²) < 4.78 is 0. The van der Waals surface area contributed by atoms with Crippen LogP contribution in [0.2, 0.25) is 5.02 Å². The van der Waals surface area contributed by atoms with Crippen LogP contribution in [0.15, 0.2) is 66.7 Å². The van der Waals surface area contributed by atoms with Gasteiger partial charge in [-0.1, -0.05) is 67.4 Å². The van der Waals surface area contributed by atoms with Crippen molar-refractivity contribution in [3.8, 4) is 0 Å². The largest absolute Gasteiger partial charge is 0.478 e. The summed E-state index contributed by atoms with van der Waals surface area (Å²) in [5.74, 6) is -2.52. The fraction of sp³-hybridized carbons (Fsp3) is 0.438. The highest BCUT2D eigenvalue weighted by atomic mass is 35.5. The summed E-state index contributed by atoms with van der Waals surface area (Å²) in [6, 6.07) is 17.8. The third-order valence-corrected chi connectivity index (χ3v) is 8.00. The molecule has 11 heteroatoms. The second kappa shape index (κ2) is 15.7. The molecule has 2 heterocycles. The van der Waals surface area contributed by atoms with Gasteiger partial charge in [0.25, 0.3) is 0 Å². The molecule has 4 rings (SSSR count). The normalized spacial score (nSPS) is 21.0. The van der Waals surface area contributed by atoms with E-state index in [2.05, 4.69) is 48.4 Å². The van der Waals surface area contributed by atoms with Crippen LogP contribution >= 0.6 is 11.6 Å². The zero-order chi connectivity index (χ0) is 31.6. The van der Waals surface area contributed by atoms with Crippen LogP contribution in [-0.4, -0.2) is 76.6 Å². The number of rotatable bonds is 9. The predicted molar refractivity (Wildman–Crippen MR) is 166 cm³/mol. The summed E-state index contributed by atoms with van der Waals surface area (Å²) in [5.41, 5.74) is 1.64. The Morgan fingerprint density at radius 1 is 1.05 bits per heavy atom.